The highest BCUT2D eigenvalue weighted by Gasteiger charge is 2.40. The number of hydrogen-bond donors (Lipinski definition) is 2. The van der Waals surface area contributed by atoms with Gasteiger partial charge in [0.05, 0.1) is 25.4 Å². The van der Waals surface area contributed by atoms with E-state index in [-0.39, 0.29) is 25.3 Å². The van der Waals surface area contributed by atoms with Crippen molar-refractivity contribution in [3.05, 3.63) is 0 Å². The molecule has 2 heterocycles. The maximum Gasteiger partial charge on any atom is 0.320 e. The van der Waals surface area contributed by atoms with Crippen LogP contribution in [-0.2, 0) is 9.53 Å². The van der Waals surface area contributed by atoms with Gasteiger partial charge in [0.25, 0.3) is 0 Å². The SMILES string of the molecule is CCN(C(=O)N1CCC(O)CC1)C1COCC1C(=O)O. The zero-order chi connectivity index (χ0) is 14.7. The Morgan fingerprint density at radius 1 is 1.30 bits per heavy atom. The number of ether oxygens (including phenoxy) is 1. The first-order valence-corrected chi connectivity index (χ1v) is 7.08. The number of carboxylic acid groups (broad SMARTS) is 1. The van der Waals surface area contributed by atoms with Gasteiger partial charge in [-0.2, -0.15) is 0 Å². The monoisotopic (exact) mass is 286 g/mol. The second-order valence-electron chi connectivity index (χ2n) is 5.34. The minimum Gasteiger partial charge on any atom is -0.481 e. The van der Waals surface area contributed by atoms with Gasteiger partial charge in [0.1, 0.15) is 5.92 Å². The molecule has 20 heavy (non-hydrogen) atoms. The van der Waals surface area contributed by atoms with Crippen LogP contribution in [0.2, 0.25) is 0 Å². The summed E-state index contributed by atoms with van der Waals surface area (Å²) in [6.45, 7) is 3.75. The summed E-state index contributed by atoms with van der Waals surface area (Å²) >= 11 is 0. The van der Waals surface area contributed by atoms with E-state index in [0.29, 0.717) is 32.5 Å². The zero-order valence-electron chi connectivity index (χ0n) is 11.7. The highest BCUT2D eigenvalue weighted by molar-refractivity contribution is 5.77. The number of carboxylic acids is 1. The number of amides is 2. The molecule has 0 spiro atoms. The quantitative estimate of drug-likeness (QED) is 0.761. The Bertz CT molecular complexity index is 368. The lowest BCUT2D eigenvalue weighted by Gasteiger charge is -2.37. The van der Waals surface area contributed by atoms with Gasteiger partial charge in [-0.1, -0.05) is 0 Å². The Morgan fingerprint density at radius 3 is 2.50 bits per heavy atom. The topological polar surface area (TPSA) is 90.3 Å². The fourth-order valence-corrected chi connectivity index (χ4v) is 2.84. The van der Waals surface area contributed by atoms with Crippen LogP contribution in [0.4, 0.5) is 4.79 Å². The first-order valence-electron chi connectivity index (χ1n) is 7.08. The maximum atomic E-state index is 12.5. The van der Waals surface area contributed by atoms with E-state index in [2.05, 4.69) is 0 Å². The summed E-state index contributed by atoms with van der Waals surface area (Å²) < 4.78 is 5.24. The lowest BCUT2D eigenvalue weighted by molar-refractivity contribution is -0.142. The van der Waals surface area contributed by atoms with Crippen molar-refractivity contribution in [1.82, 2.24) is 9.80 Å². The number of hydrogen-bond acceptors (Lipinski definition) is 4. The highest BCUT2D eigenvalue weighted by atomic mass is 16.5. The molecule has 2 unspecified atom stereocenters. The van der Waals surface area contributed by atoms with Crippen molar-refractivity contribution in [1.29, 1.82) is 0 Å². The smallest absolute Gasteiger partial charge is 0.320 e. The van der Waals surface area contributed by atoms with E-state index in [4.69, 9.17) is 4.74 Å². The molecule has 0 radical (unpaired) electrons. The van der Waals surface area contributed by atoms with E-state index in [1.165, 1.54) is 0 Å². The molecular weight excluding hydrogens is 264 g/mol. The van der Waals surface area contributed by atoms with Crippen molar-refractivity contribution in [2.24, 2.45) is 5.92 Å². The zero-order valence-corrected chi connectivity index (χ0v) is 11.7. The fraction of sp³-hybridized carbons (Fsp3) is 0.846. The van der Waals surface area contributed by atoms with E-state index in [1.807, 2.05) is 6.92 Å². The Balaban J connectivity index is 2.03. The van der Waals surface area contributed by atoms with Gasteiger partial charge in [0.2, 0.25) is 0 Å². The Labute approximate surface area is 118 Å². The molecule has 2 fully saturated rings. The lowest BCUT2D eigenvalue weighted by atomic mass is 10.0. The van der Waals surface area contributed by atoms with Crippen molar-refractivity contribution in [2.75, 3.05) is 32.8 Å². The van der Waals surface area contributed by atoms with Crippen LogP contribution in [0, 0.1) is 5.92 Å². The number of piperidine rings is 1. The van der Waals surface area contributed by atoms with Crippen LogP contribution < -0.4 is 0 Å². The van der Waals surface area contributed by atoms with Crippen LogP contribution in [0.5, 0.6) is 0 Å². The average Bonchev–Trinajstić information content (AvgIpc) is 2.89. The number of urea groups is 1. The van der Waals surface area contributed by atoms with Crippen LogP contribution in [0.25, 0.3) is 0 Å². The van der Waals surface area contributed by atoms with Gasteiger partial charge in [-0.15, -0.1) is 0 Å². The van der Waals surface area contributed by atoms with Crippen LogP contribution in [-0.4, -0.2) is 77.0 Å². The van der Waals surface area contributed by atoms with Gasteiger partial charge < -0.3 is 24.7 Å². The molecule has 0 aromatic carbocycles. The van der Waals surface area contributed by atoms with Gasteiger partial charge in [0, 0.05) is 19.6 Å². The number of aliphatic hydroxyl groups is 1. The van der Waals surface area contributed by atoms with Crippen molar-refractivity contribution < 1.29 is 24.5 Å². The molecule has 7 nitrogen and oxygen atoms in total. The van der Waals surface area contributed by atoms with E-state index in [0.717, 1.165) is 0 Å². The normalized spacial score (nSPS) is 27.6. The Hall–Kier alpha value is -1.34. The Kier molecular flexibility index (Phi) is 4.82. The number of carbonyl (C=O) groups is 2. The Morgan fingerprint density at radius 2 is 1.95 bits per heavy atom. The van der Waals surface area contributed by atoms with Crippen LogP contribution in [0.3, 0.4) is 0 Å². The summed E-state index contributed by atoms with van der Waals surface area (Å²) in [4.78, 5) is 27.0. The van der Waals surface area contributed by atoms with Crippen LogP contribution in [0.15, 0.2) is 0 Å². The van der Waals surface area contributed by atoms with Gasteiger partial charge >= 0.3 is 12.0 Å². The number of likely N-dealkylation sites (N-methyl/N-ethyl adjacent to an activating group) is 1. The first kappa shape index (κ1) is 15.1. The molecule has 2 N–H and O–H groups in total. The summed E-state index contributed by atoms with van der Waals surface area (Å²) in [5, 5.41) is 18.7. The van der Waals surface area contributed by atoms with Gasteiger partial charge in [-0.25, -0.2) is 4.79 Å². The minimum atomic E-state index is -0.923. The van der Waals surface area contributed by atoms with Gasteiger partial charge in [-0.05, 0) is 19.8 Å². The number of rotatable bonds is 3. The number of likely N-dealkylation sites (tertiary alicyclic amines) is 1. The lowest BCUT2D eigenvalue weighted by Crippen LogP contribution is -2.53. The largest absolute Gasteiger partial charge is 0.481 e. The highest BCUT2D eigenvalue weighted by Crippen LogP contribution is 2.22. The molecule has 7 heteroatoms. The summed E-state index contributed by atoms with van der Waals surface area (Å²) in [6.07, 6.45) is 0.815. The third kappa shape index (κ3) is 3.04. The molecule has 2 atom stereocenters. The number of nitrogens with zero attached hydrogens (tertiary/aromatic N) is 2. The van der Waals surface area contributed by atoms with Crippen molar-refractivity contribution >= 4 is 12.0 Å². The minimum absolute atomic E-state index is 0.152. The van der Waals surface area contributed by atoms with Gasteiger partial charge in [-0.3, -0.25) is 4.79 Å². The molecular formula is C13H22N2O5. The van der Waals surface area contributed by atoms with Crippen molar-refractivity contribution in [3.63, 3.8) is 0 Å². The third-order valence-electron chi connectivity index (χ3n) is 4.09. The van der Waals surface area contributed by atoms with Crippen LogP contribution >= 0.6 is 0 Å². The predicted molar refractivity (Wildman–Crippen MR) is 70.3 cm³/mol. The summed E-state index contributed by atoms with van der Waals surface area (Å²) in [7, 11) is 0. The molecule has 2 aliphatic heterocycles. The number of carbonyl (C=O) groups excluding carboxylic acids is 1. The average molecular weight is 286 g/mol. The van der Waals surface area contributed by atoms with E-state index >= 15 is 0 Å². The number of aliphatic carboxylic acids is 1. The molecule has 0 saturated carbocycles. The fourth-order valence-electron chi connectivity index (χ4n) is 2.84. The summed E-state index contributed by atoms with van der Waals surface area (Å²) in [5.74, 6) is -1.58. The first-order chi connectivity index (χ1) is 9.54. The van der Waals surface area contributed by atoms with E-state index in [9.17, 15) is 19.8 Å². The standard InChI is InChI=1S/C13H22N2O5/c1-2-15(11-8-20-7-10(11)12(17)18)13(19)14-5-3-9(16)4-6-14/h9-11,16H,2-8H2,1H3,(H,17,18). The van der Waals surface area contributed by atoms with Gasteiger partial charge in [0.15, 0.2) is 0 Å². The molecule has 2 saturated heterocycles. The van der Waals surface area contributed by atoms with Crippen molar-refractivity contribution in [2.45, 2.75) is 31.9 Å². The van der Waals surface area contributed by atoms with Crippen LogP contribution in [0.1, 0.15) is 19.8 Å². The summed E-state index contributed by atoms with van der Waals surface area (Å²) in [6, 6.07) is -0.557. The molecule has 2 aliphatic rings. The molecule has 2 amide bonds. The predicted octanol–water partition coefficient (Wildman–Crippen LogP) is -0.0154. The van der Waals surface area contributed by atoms with E-state index < -0.39 is 17.9 Å². The second-order valence-corrected chi connectivity index (χ2v) is 5.34. The molecule has 2 rings (SSSR count). The summed E-state index contributed by atoms with van der Waals surface area (Å²) in [5.41, 5.74) is 0. The molecule has 0 aromatic heterocycles. The molecule has 0 bridgehead atoms. The number of aliphatic hydroxyl groups excluding tert-OH is 1. The second kappa shape index (κ2) is 6.41. The van der Waals surface area contributed by atoms with Crippen molar-refractivity contribution in [3.8, 4) is 0 Å². The van der Waals surface area contributed by atoms with E-state index in [1.54, 1.807) is 9.80 Å². The maximum absolute atomic E-state index is 12.5. The molecule has 0 aliphatic carbocycles. The molecule has 114 valence electrons. The molecule has 0 aromatic rings. The third-order valence-corrected chi connectivity index (χ3v) is 4.09.